The first kappa shape index (κ1) is 17.4. The molecule has 0 aromatic heterocycles. The third-order valence-corrected chi connectivity index (χ3v) is 5.01. The van der Waals surface area contributed by atoms with Gasteiger partial charge in [0, 0.05) is 21.8 Å². The van der Waals surface area contributed by atoms with Crippen LogP contribution in [0, 0.1) is 5.82 Å². The molecule has 1 aliphatic heterocycles. The van der Waals surface area contributed by atoms with Gasteiger partial charge in [-0.3, -0.25) is 4.79 Å². The minimum Gasteiger partial charge on any atom is -0.493 e. The molecular weight excluding hydrogens is 343 g/mol. The third-order valence-electron chi connectivity index (χ3n) is 3.89. The average Bonchev–Trinajstić information content (AvgIpc) is 2.63. The SMILES string of the molecule is COc1cc(/C=C2\CSc3ccc(F)cc3C2=O)cc(OC)c1OC. The van der Waals surface area contributed by atoms with Crippen molar-refractivity contribution in [1.82, 2.24) is 0 Å². The maximum Gasteiger partial charge on any atom is 0.203 e. The smallest absolute Gasteiger partial charge is 0.203 e. The van der Waals surface area contributed by atoms with Gasteiger partial charge in [-0.1, -0.05) is 0 Å². The van der Waals surface area contributed by atoms with Gasteiger partial charge in [0.1, 0.15) is 5.82 Å². The standard InChI is InChI=1S/C19H17FO4S/c1-22-15-7-11(8-16(23-2)19(15)24-3)6-12-10-25-17-5-4-13(20)9-14(17)18(12)21/h4-9H,10H2,1-3H3/b12-6+. The van der Waals surface area contributed by atoms with Crippen molar-refractivity contribution in [3.63, 3.8) is 0 Å². The summed E-state index contributed by atoms with van der Waals surface area (Å²) in [5.74, 6) is 1.45. The summed E-state index contributed by atoms with van der Waals surface area (Å²) in [4.78, 5) is 13.5. The number of Topliss-reactive ketones (excluding diaryl/α,β-unsaturated/α-hetero) is 1. The first-order valence-electron chi connectivity index (χ1n) is 7.55. The molecule has 0 bridgehead atoms. The molecule has 0 saturated carbocycles. The van der Waals surface area contributed by atoms with Crippen LogP contribution in [0.3, 0.4) is 0 Å². The molecule has 0 fully saturated rings. The maximum atomic E-state index is 13.5. The molecule has 0 amide bonds. The van der Waals surface area contributed by atoms with Crippen LogP contribution in [-0.4, -0.2) is 32.9 Å². The van der Waals surface area contributed by atoms with Gasteiger partial charge in [0.05, 0.1) is 21.3 Å². The van der Waals surface area contributed by atoms with E-state index in [1.807, 2.05) is 0 Å². The number of ether oxygens (including phenoxy) is 3. The van der Waals surface area contributed by atoms with Crippen molar-refractivity contribution < 1.29 is 23.4 Å². The fourth-order valence-corrected chi connectivity index (χ4v) is 3.69. The first-order chi connectivity index (χ1) is 12.1. The molecule has 0 atom stereocenters. The van der Waals surface area contributed by atoms with Crippen LogP contribution in [-0.2, 0) is 0 Å². The lowest BCUT2D eigenvalue weighted by Crippen LogP contribution is -2.12. The van der Waals surface area contributed by atoms with Crippen molar-refractivity contribution in [1.29, 1.82) is 0 Å². The van der Waals surface area contributed by atoms with E-state index in [0.29, 0.717) is 34.1 Å². The van der Waals surface area contributed by atoms with E-state index >= 15 is 0 Å². The summed E-state index contributed by atoms with van der Waals surface area (Å²) in [6.07, 6.45) is 1.77. The Bertz CT molecular complexity index is 835. The number of hydrogen-bond acceptors (Lipinski definition) is 5. The Morgan fingerprint density at radius 1 is 1.04 bits per heavy atom. The van der Waals surface area contributed by atoms with E-state index in [9.17, 15) is 9.18 Å². The number of carbonyl (C=O) groups excluding carboxylic acids is 1. The Morgan fingerprint density at radius 2 is 1.72 bits per heavy atom. The number of carbonyl (C=O) groups is 1. The molecule has 0 unspecified atom stereocenters. The van der Waals surface area contributed by atoms with E-state index in [1.165, 1.54) is 45.2 Å². The number of methoxy groups -OCH3 is 3. The molecular formula is C19H17FO4S. The number of fused-ring (bicyclic) bond motifs is 1. The highest BCUT2D eigenvalue weighted by atomic mass is 32.2. The molecule has 2 aromatic rings. The van der Waals surface area contributed by atoms with Crippen LogP contribution < -0.4 is 14.2 Å². The van der Waals surface area contributed by atoms with Crippen molar-refractivity contribution in [3.05, 3.63) is 52.8 Å². The third kappa shape index (κ3) is 3.35. The summed E-state index contributed by atoms with van der Waals surface area (Å²) in [5.41, 5.74) is 1.74. The van der Waals surface area contributed by atoms with E-state index in [0.717, 1.165) is 10.5 Å². The summed E-state index contributed by atoms with van der Waals surface area (Å²) in [6, 6.07) is 7.84. The first-order valence-corrected chi connectivity index (χ1v) is 8.53. The Kier molecular flexibility index (Phi) is 4.99. The summed E-state index contributed by atoms with van der Waals surface area (Å²) in [5, 5.41) is 0. The number of hydrogen-bond donors (Lipinski definition) is 0. The molecule has 3 rings (SSSR count). The fourth-order valence-electron chi connectivity index (χ4n) is 2.69. The number of halogens is 1. The van der Waals surface area contributed by atoms with Crippen LogP contribution in [0.5, 0.6) is 17.2 Å². The predicted octanol–water partition coefficient (Wildman–Crippen LogP) is 4.22. The molecule has 0 radical (unpaired) electrons. The van der Waals surface area contributed by atoms with Crippen molar-refractivity contribution in [3.8, 4) is 17.2 Å². The van der Waals surface area contributed by atoms with Gasteiger partial charge >= 0.3 is 0 Å². The quantitative estimate of drug-likeness (QED) is 0.764. The second kappa shape index (κ2) is 7.19. The van der Waals surface area contributed by atoms with Crippen molar-refractivity contribution in [2.24, 2.45) is 0 Å². The zero-order valence-corrected chi connectivity index (χ0v) is 14.9. The largest absolute Gasteiger partial charge is 0.493 e. The van der Waals surface area contributed by atoms with Crippen LogP contribution in [0.1, 0.15) is 15.9 Å². The molecule has 0 saturated heterocycles. The number of benzene rings is 2. The van der Waals surface area contributed by atoms with E-state index < -0.39 is 5.82 Å². The van der Waals surface area contributed by atoms with Gasteiger partial charge in [-0.15, -0.1) is 11.8 Å². The lowest BCUT2D eigenvalue weighted by molar-refractivity contribution is 0.103. The number of ketones is 1. The molecule has 6 heteroatoms. The Labute approximate surface area is 149 Å². The van der Waals surface area contributed by atoms with Crippen molar-refractivity contribution in [2.45, 2.75) is 4.90 Å². The molecule has 25 heavy (non-hydrogen) atoms. The molecule has 0 aliphatic carbocycles. The summed E-state index contributed by atoms with van der Waals surface area (Å²) in [6.45, 7) is 0. The van der Waals surface area contributed by atoms with E-state index in [1.54, 1.807) is 24.3 Å². The van der Waals surface area contributed by atoms with Gasteiger partial charge in [0.2, 0.25) is 5.75 Å². The fraction of sp³-hybridized carbons (Fsp3) is 0.211. The Balaban J connectivity index is 2.02. The van der Waals surface area contributed by atoms with Gasteiger partial charge in [0.25, 0.3) is 0 Å². The van der Waals surface area contributed by atoms with Gasteiger partial charge < -0.3 is 14.2 Å². The topological polar surface area (TPSA) is 44.8 Å². The molecule has 4 nitrogen and oxygen atoms in total. The average molecular weight is 360 g/mol. The second-order valence-corrected chi connectivity index (χ2v) is 6.40. The zero-order valence-electron chi connectivity index (χ0n) is 14.1. The van der Waals surface area contributed by atoms with E-state index in [4.69, 9.17) is 14.2 Å². The molecule has 1 aliphatic rings. The minimum absolute atomic E-state index is 0.165. The molecule has 0 N–H and O–H groups in total. The molecule has 130 valence electrons. The Hall–Kier alpha value is -2.47. The number of rotatable bonds is 4. The highest BCUT2D eigenvalue weighted by molar-refractivity contribution is 7.99. The van der Waals surface area contributed by atoms with Gasteiger partial charge in [-0.25, -0.2) is 4.39 Å². The van der Waals surface area contributed by atoms with Crippen molar-refractivity contribution in [2.75, 3.05) is 27.1 Å². The summed E-state index contributed by atoms with van der Waals surface area (Å²) in [7, 11) is 4.61. The van der Waals surface area contributed by atoms with E-state index in [-0.39, 0.29) is 5.78 Å². The van der Waals surface area contributed by atoms with Gasteiger partial charge in [-0.2, -0.15) is 0 Å². The number of thioether (sulfide) groups is 1. The lowest BCUT2D eigenvalue weighted by atomic mass is 10.0. The summed E-state index contributed by atoms with van der Waals surface area (Å²) >= 11 is 1.51. The molecule has 2 aromatic carbocycles. The van der Waals surface area contributed by atoms with Crippen LogP contribution in [0.2, 0.25) is 0 Å². The molecule has 1 heterocycles. The van der Waals surface area contributed by atoms with Crippen molar-refractivity contribution >= 4 is 23.6 Å². The van der Waals surface area contributed by atoms with E-state index in [2.05, 4.69) is 0 Å². The predicted molar refractivity (Wildman–Crippen MR) is 95.5 cm³/mol. The van der Waals surface area contributed by atoms with Crippen LogP contribution in [0.4, 0.5) is 4.39 Å². The highest BCUT2D eigenvalue weighted by Crippen LogP contribution is 2.40. The summed E-state index contributed by atoms with van der Waals surface area (Å²) < 4.78 is 29.4. The van der Waals surface area contributed by atoms with Gasteiger partial charge in [-0.05, 0) is 42.0 Å². The zero-order chi connectivity index (χ0) is 18.0. The van der Waals surface area contributed by atoms with Gasteiger partial charge in [0.15, 0.2) is 17.3 Å². The van der Waals surface area contributed by atoms with Crippen LogP contribution in [0.25, 0.3) is 6.08 Å². The van der Waals surface area contributed by atoms with Crippen LogP contribution in [0.15, 0.2) is 40.8 Å². The molecule has 0 spiro atoms. The normalized spacial score (nSPS) is 15.0. The monoisotopic (exact) mass is 360 g/mol. The highest BCUT2D eigenvalue weighted by Gasteiger charge is 2.23. The van der Waals surface area contributed by atoms with Crippen LogP contribution >= 0.6 is 11.8 Å². The lowest BCUT2D eigenvalue weighted by Gasteiger charge is -2.17. The second-order valence-electron chi connectivity index (χ2n) is 5.39. The minimum atomic E-state index is -0.415. The maximum absolute atomic E-state index is 13.5. The Morgan fingerprint density at radius 3 is 2.32 bits per heavy atom.